The summed E-state index contributed by atoms with van der Waals surface area (Å²) in [5.74, 6) is 0.356. The maximum Gasteiger partial charge on any atom is 0.319 e. The quantitative estimate of drug-likeness (QED) is 0.874. The second-order valence-corrected chi connectivity index (χ2v) is 4.76. The van der Waals surface area contributed by atoms with Crippen molar-refractivity contribution in [1.29, 1.82) is 0 Å². The van der Waals surface area contributed by atoms with Gasteiger partial charge in [-0.15, -0.1) is 0 Å². The van der Waals surface area contributed by atoms with Crippen molar-refractivity contribution in [2.45, 2.75) is 39.5 Å². The maximum atomic E-state index is 12.7. The highest BCUT2D eigenvalue weighted by atomic mass is 19.3. The third kappa shape index (κ3) is 3.64. The van der Waals surface area contributed by atoms with Gasteiger partial charge in [-0.05, 0) is 11.6 Å². The standard InChI is InChI=1S/C13H18F2N4/c1-10(2)17-7-11-3-5-18(8-11)9-12-16-4-6-19(12)13(14)15/h3-6,8,10,13,17H,7,9H2,1-2H3. The molecule has 4 nitrogen and oxygen atoms in total. The third-order valence-electron chi connectivity index (χ3n) is 2.81. The first-order chi connectivity index (χ1) is 9.06. The molecule has 2 heterocycles. The molecule has 0 amide bonds. The average Bonchev–Trinajstić information content (AvgIpc) is 2.96. The molecule has 0 radical (unpaired) electrons. The molecule has 2 aromatic rings. The fourth-order valence-corrected chi connectivity index (χ4v) is 1.82. The second kappa shape index (κ2) is 5.97. The number of nitrogens with one attached hydrogen (secondary N) is 1. The van der Waals surface area contributed by atoms with Crippen LogP contribution >= 0.6 is 0 Å². The minimum absolute atomic E-state index is 0.346. The van der Waals surface area contributed by atoms with Crippen LogP contribution in [-0.4, -0.2) is 20.2 Å². The zero-order valence-electron chi connectivity index (χ0n) is 11.1. The van der Waals surface area contributed by atoms with Crippen molar-refractivity contribution in [3.63, 3.8) is 0 Å². The number of aromatic nitrogens is 3. The summed E-state index contributed by atoms with van der Waals surface area (Å²) in [6, 6.07) is 2.39. The average molecular weight is 268 g/mol. The molecule has 1 N–H and O–H groups in total. The molecule has 0 atom stereocenters. The molecule has 6 heteroatoms. The summed E-state index contributed by atoms with van der Waals surface area (Å²) in [7, 11) is 0. The molecular formula is C13H18F2N4. The molecule has 19 heavy (non-hydrogen) atoms. The highest BCUT2D eigenvalue weighted by Gasteiger charge is 2.11. The molecule has 0 aliphatic rings. The van der Waals surface area contributed by atoms with Crippen LogP contribution in [0.25, 0.3) is 0 Å². The highest BCUT2D eigenvalue weighted by molar-refractivity contribution is 5.11. The summed E-state index contributed by atoms with van der Waals surface area (Å²) in [4.78, 5) is 3.96. The highest BCUT2D eigenvalue weighted by Crippen LogP contribution is 2.13. The maximum absolute atomic E-state index is 12.7. The van der Waals surface area contributed by atoms with Crippen LogP contribution in [0, 0.1) is 0 Å². The van der Waals surface area contributed by atoms with Gasteiger partial charge in [-0.1, -0.05) is 13.8 Å². The number of rotatable bonds is 6. The van der Waals surface area contributed by atoms with Gasteiger partial charge < -0.3 is 9.88 Å². The van der Waals surface area contributed by atoms with E-state index in [-0.39, 0.29) is 0 Å². The van der Waals surface area contributed by atoms with Crippen LogP contribution < -0.4 is 5.32 Å². The van der Waals surface area contributed by atoms with E-state index in [0.29, 0.717) is 18.4 Å². The van der Waals surface area contributed by atoms with Crippen LogP contribution in [0.15, 0.2) is 30.9 Å². The summed E-state index contributed by atoms with van der Waals surface area (Å²) in [5, 5.41) is 3.31. The Morgan fingerprint density at radius 3 is 2.79 bits per heavy atom. The van der Waals surface area contributed by atoms with Crippen LogP contribution in [0.2, 0.25) is 0 Å². The van der Waals surface area contributed by atoms with E-state index in [2.05, 4.69) is 24.1 Å². The van der Waals surface area contributed by atoms with Gasteiger partial charge in [-0.2, -0.15) is 8.78 Å². The Kier molecular flexibility index (Phi) is 4.31. The Hall–Kier alpha value is -1.69. The van der Waals surface area contributed by atoms with E-state index in [1.807, 2.05) is 23.0 Å². The van der Waals surface area contributed by atoms with E-state index >= 15 is 0 Å². The molecule has 0 saturated heterocycles. The van der Waals surface area contributed by atoms with Gasteiger partial charge in [0.2, 0.25) is 0 Å². The molecule has 2 rings (SSSR count). The summed E-state index contributed by atoms with van der Waals surface area (Å²) < 4.78 is 28.1. The molecule has 0 spiro atoms. The summed E-state index contributed by atoms with van der Waals surface area (Å²) >= 11 is 0. The monoisotopic (exact) mass is 268 g/mol. The fourth-order valence-electron chi connectivity index (χ4n) is 1.82. The topological polar surface area (TPSA) is 34.8 Å². The lowest BCUT2D eigenvalue weighted by Crippen LogP contribution is -2.21. The molecule has 0 fully saturated rings. The molecule has 0 aromatic carbocycles. The van der Waals surface area contributed by atoms with Crippen molar-refractivity contribution in [3.8, 4) is 0 Å². The van der Waals surface area contributed by atoms with E-state index in [4.69, 9.17) is 0 Å². The largest absolute Gasteiger partial charge is 0.346 e. The first kappa shape index (κ1) is 13.7. The molecule has 0 unspecified atom stereocenters. The Balaban J connectivity index is 2.01. The van der Waals surface area contributed by atoms with E-state index < -0.39 is 6.55 Å². The van der Waals surface area contributed by atoms with Crippen molar-refractivity contribution in [3.05, 3.63) is 42.2 Å². The summed E-state index contributed by atoms with van der Waals surface area (Å²) in [5.41, 5.74) is 1.13. The minimum Gasteiger partial charge on any atom is -0.346 e. The van der Waals surface area contributed by atoms with E-state index in [0.717, 1.165) is 16.7 Å². The van der Waals surface area contributed by atoms with Crippen LogP contribution in [0.4, 0.5) is 8.78 Å². The van der Waals surface area contributed by atoms with Crippen molar-refractivity contribution >= 4 is 0 Å². The van der Waals surface area contributed by atoms with Crippen LogP contribution in [0.1, 0.15) is 31.8 Å². The molecule has 104 valence electrons. The van der Waals surface area contributed by atoms with Crippen molar-refractivity contribution in [2.75, 3.05) is 0 Å². The van der Waals surface area contributed by atoms with Crippen molar-refractivity contribution < 1.29 is 8.78 Å². The van der Waals surface area contributed by atoms with Gasteiger partial charge in [0.25, 0.3) is 0 Å². The predicted octanol–water partition coefficient (Wildman–Crippen LogP) is 2.63. The molecule has 0 aliphatic heterocycles. The van der Waals surface area contributed by atoms with E-state index in [1.54, 1.807) is 0 Å². The normalized spacial score (nSPS) is 11.7. The summed E-state index contributed by atoms with van der Waals surface area (Å²) in [6.07, 6.45) is 6.51. The molecule has 0 saturated carbocycles. The van der Waals surface area contributed by atoms with Gasteiger partial charge in [0.05, 0.1) is 6.54 Å². The number of hydrogen-bond acceptors (Lipinski definition) is 2. The first-order valence-corrected chi connectivity index (χ1v) is 6.24. The Morgan fingerprint density at radius 1 is 1.32 bits per heavy atom. The van der Waals surface area contributed by atoms with Crippen molar-refractivity contribution in [1.82, 2.24) is 19.4 Å². The number of hydrogen-bond donors (Lipinski definition) is 1. The summed E-state index contributed by atoms with van der Waals surface area (Å²) in [6.45, 7) is 2.73. The van der Waals surface area contributed by atoms with Gasteiger partial charge in [-0.25, -0.2) is 4.98 Å². The van der Waals surface area contributed by atoms with Crippen LogP contribution in [0.5, 0.6) is 0 Å². The lowest BCUT2D eigenvalue weighted by Gasteiger charge is -2.07. The van der Waals surface area contributed by atoms with E-state index in [1.165, 1.54) is 12.4 Å². The molecule has 0 aliphatic carbocycles. The molecule has 0 bridgehead atoms. The van der Waals surface area contributed by atoms with Gasteiger partial charge in [0, 0.05) is 37.4 Å². The van der Waals surface area contributed by atoms with Gasteiger partial charge >= 0.3 is 6.55 Å². The smallest absolute Gasteiger partial charge is 0.319 e. The third-order valence-corrected chi connectivity index (χ3v) is 2.81. The number of alkyl halides is 2. The van der Waals surface area contributed by atoms with Crippen LogP contribution in [0.3, 0.4) is 0 Å². The zero-order valence-corrected chi connectivity index (χ0v) is 11.1. The predicted molar refractivity (Wildman–Crippen MR) is 69.0 cm³/mol. The Morgan fingerprint density at radius 2 is 2.11 bits per heavy atom. The first-order valence-electron chi connectivity index (χ1n) is 6.24. The SMILES string of the molecule is CC(C)NCc1ccn(Cc2nccn2C(F)F)c1. The van der Waals surface area contributed by atoms with Gasteiger partial charge in [0.15, 0.2) is 0 Å². The second-order valence-electron chi connectivity index (χ2n) is 4.76. The number of nitrogens with zero attached hydrogens (tertiary/aromatic N) is 3. The lowest BCUT2D eigenvalue weighted by molar-refractivity contribution is 0.0667. The molecule has 2 aromatic heterocycles. The number of halogens is 2. The lowest BCUT2D eigenvalue weighted by atomic mass is 10.3. The fraction of sp³-hybridized carbons (Fsp3) is 0.462. The molecular weight excluding hydrogens is 250 g/mol. The van der Waals surface area contributed by atoms with Crippen molar-refractivity contribution in [2.24, 2.45) is 0 Å². The Labute approximate surface area is 111 Å². The zero-order chi connectivity index (χ0) is 13.8. The van der Waals surface area contributed by atoms with E-state index in [9.17, 15) is 8.78 Å². The van der Waals surface area contributed by atoms with Gasteiger partial charge in [-0.3, -0.25) is 4.57 Å². The Bertz CT molecular complexity index is 516. The van der Waals surface area contributed by atoms with Crippen LogP contribution in [-0.2, 0) is 13.1 Å². The number of imidazole rings is 1. The van der Waals surface area contributed by atoms with Gasteiger partial charge in [0.1, 0.15) is 5.82 Å². The minimum atomic E-state index is -2.55.